The molecule has 2 aromatic carbocycles. The molecule has 0 spiro atoms. The van der Waals surface area contributed by atoms with Gasteiger partial charge in [-0.2, -0.15) is 0 Å². The molecule has 0 saturated carbocycles. The molecule has 28 heavy (non-hydrogen) atoms. The number of furan rings is 1. The Hall–Kier alpha value is -3.41. The number of benzene rings is 2. The molecule has 0 aliphatic carbocycles. The first-order chi connectivity index (χ1) is 13.7. The lowest BCUT2D eigenvalue weighted by molar-refractivity contribution is 0.0907. The number of carbonyl (C=O) groups is 1. The first-order valence-electron chi connectivity index (χ1n) is 9.16. The van der Waals surface area contributed by atoms with Crippen molar-refractivity contribution in [2.75, 3.05) is 13.2 Å². The molecule has 0 fully saturated rings. The summed E-state index contributed by atoms with van der Waals surface area (Å²) in [5.74, 6) is 2.72. The van der Waals surface area contributed by atoms with E-state index in [9.17, 15) is 4.79 Å². The van der Waals surface area contributed by atoms with Crippen LogP contribution in [-0.2, 0) is 6.61 Å². The minimum absolute atomic E-state index is 0.211. The second-order valence-electron chi connectivity index (χ2n) is 6.47. The van der Waals surface area contributed by atoms with Gasteiger partial charge in [-0.1, -0.05) is 24.3 Å². The van der Waals surface area contributed by atoms with Gasteiger partial charge >= 0.3 is 0 Å². The van der Waals surface area contributed by atoms with Gasteiger partial charge in [-0.05, 0) is 48.9 Å². The van der Waals surface area contributed by atoms with E-state index in [1.807, 2.05) is 55.5 Å². The van der Waals surface area contributed by atoms with Crippen LogP contribution in [0, 0.1) is 0 Å². The summed E-state index contributed by atoms with van der Waals surface area (Å²) in [6.07, 6.45) is 0. The van der Waals surface area contributed by atoms with E-state index in [1.165, 1.54) is 0 Å². The number of hydrogen-bond donors (Lipinski definition) is 1. The Labute approximate surface area is 163 Å². The summed E-state index contributed by atoms with van der Waals surface area (Å²) in [6.45, 7) is 3.24. The number of para-hydroxylation sites is 1. The Morgan fingerprint density at radius 3 is 2.64 bits per heavy atom. The van der Waals surface area contributed by atoms with Crippen molar-refractivity contribution in [1.29, 1.82) is 0 Å². The average Bonchev–Trinajstić information content (AvgIpc) is 3.22. The number of rotatable bonds is 6. The van der Waals surface area contributed by atoms with Crippen LogP contribution < -0.4 is 19.5 Å². The third kappa shape index (κ3) is 4.11. The monoisotopic (exact) mass is 379 g/mol. The third-order valence-corrected chi connectivity index (χ3v) is 4.42. The van der Waals surface area contributed by atoms with Crippen LogP contribution in [0.2, 0.25) is 0 Å². The Morgan fingerprint density at radius 2 is 1.82 bits per heavy atom. The van der Waals surface area contributed by atoms with Crippen LogP contribution in [0.25, 0.3) is 0 Å². The van der Waals surface area contributed by atoms with Gasteiger partial charge in [-0.15, -0.1) is 0 Å². The van der Waals surface area contributed by atoms with Crippen LogP contribution in [0.15, 0.2) is 65.1 Å². The largest absolute Gasteiger partial charge is 0.486 e. The van der Waals surface area contributed by atoms with Crippen molar-refractivity contribution in [2.45, 2.75) is 19.6 Å². The normalized spacial score (nSPS) is 13.6. The van der Waals surface area contributed by atoms with Crippen LogP contribution in [0.5, 0.6) is 17.2 Å². The molecule has 0 bridgehead atoms. The van der Waals surface area contributed by atoms with E-state index in [0.717, 1.165) is 17.1 Å². The molecule has 0 radical (unpaired) electrons. The van der Waals surface area contributed by atoms with Gasteiger partial charge in [0.2, 0.25) is 0 Å². The molecular weight excluding hydrogens is 358 g/mol. The predicted octanol–water partition coefficient (Wildman–Crippen LogP) is 4.12. The van der Waals surface area contributed by atoms with Crippen molar-refractivity contribution >= 4 is 5.91 Å². The highest BCUT2D eigenvalue weighted by Crippen LogP contribution is 2.32. The number of fused-ring (bicyclic) bond motifs is 1. The molecular formula is C22H21NO5. The molecule has 2 heterocycles. The summed E-state index contributed by atoms with van der Waals surface area (Å²) in [5.41, 5.74) is 0.928. The SMILES string of the molecule is C[C@@H](NC(=O)c1ccc(COc2ccccc2)o1)c1ccc2c(c1)OCCO2. The van der Waals surface area contributed by atoms with Crippen molar-refractivity contribution in [3.63, 3.8) is 0 Å². The molecule has 6 nitrogen and oxygen atoms in total. The van der Waals surface area contributed by atoms with Gasteiger partial charge in [0.25, 0.3) is 5.91 Å². The van der Waals surface area contributed by atoms with Crippen molar-refractivity contribution in [3.05, 3.63) is 77.7 Å². The second kappa shape index (κ2) is 8.08. The Morgan fingerprint density at radius 1 is 1.04 bits per heavy atom. The molecule has 0 unspecified atom stereocenters. The number of hydrogen-bond acceptors (Lipinski definition) is 5. The number of nitrogens with one attached hydrogen (secondary N) is 1. The molecule has 6 heteroatoms. The summed E-state index contributed by atoms with van der Waals surface area (Å²) < 4.78 is 22.4. The lowest BCUT2D eigenvalue weighted by atomic mass is 10.1. The summed E-state index contributed by atoms with van der Waals surface area (Å²) in [5, 5.41) is 2.94. The van der Waals surface area contributed by atoms with Crippen LogP contribution in [-0.4, -0.2) is 19.1 Å². The summed E-state index contributed by atoms with van der Waals surface area (Å²) in [7, 11) is 0. The Kier molecular flexibility index (Phi) is 5.19. The molecule has 144 valence electrons. The zero-order valence-corrected chi connectivity index (χ0v) is 15.5. The molecule has 1 aliphatic heterocycles. The molecule has 0 saturated heterocycles. The topological polar surface area (TPSA) is 69.9 Å². The minimum Gasteiger partial charge on any atom is -0.486 e. The predicted molar refractivity (Wildman–Crippen MR) is 103 cm³/mol. The van der Waals surface area contributed by atoms with E-state index >= 15 is 0 Å². The standard InChI is InChI=1S/C22H21NO5/c1-15(16-7-9-19-21(13-16)26-12-11-25-19)23-22(24)20-10-8-18(28-20)14-27-17-5-3-2-4-6-17/h2-10,13,15H,11-12,14H2,1H3,(H,23,24)/t15-/m1/s1. The van der Waals surface area contributed by atoms with E-state index in [2.05, 4.69) is 5.32 Å². The average molecular weight is 379 g/mol. The molecule has 1 amide bonds. The fourth-order valence-electron chi connectivity index (χ4n) is 2.93. The van der Waals surface area contributed by atoms with E-state index < -0.39 is 0 Å². The summed E-state index contributed by atoms with van der Waals surface area (Å²) >= 11 is 0. The second-order valence-corrected chi connectivity index (χ2v) is 6.47. The molecule has 1 aliphatic rings. The highest BCUT2D eigenvalue weighted by Gasteiger charge is 2.18. The first kappa shape index (κ1) is 18.0. The minimum atomic E-state index is -0.284. The quantitative estimate of drug-likeness (QED) is 0.698. The zero-order valence-electron chi connectivity index (χ0n) is 15.5. The van der Waals surface area contributed by atoms with E-state index in [0.29, 0.717) is 24.7 Å². The maximum absolute atomic E-state index is 12.5. The van der Waals surface area contributed by atoms with Gasteiger partial charge < -0.3 is 23.9 Å². The van der Waals surface area contributed by atoms with Crippen LogP contribution in [0.4, 0.5) is 0 Å². The Balaban J connectivity index is 1.36. The van der Waals surface area contributed by atoms with Gasteiger partial charge in [0, 0.05) is 0 Å². The third-order valence-electron chi connectivity index (χ3n) is 4.42. The highest BCUT2D eigenvalue weighted by molar-refractivity contribution is 5.91. The number of ether oxygens (including phenoxy) is 3. The molecule has 3 aromatic rings. The van der Waals surface area contributed by atoms with E-state index in [4.69, 9.17) is 18.6 Å². The van der Waals surface area contributed by atoms with Crippen LogP contribution in [0.1, 0.15) is 34.8 Å². The van der Waals surface area contributed by atoms with Crippen LogP contribution >= 0.6 is 0 Å². The van der Waals surface area contributed by atoms with Gasteiger partial charge in [0.15, 0.2) is 17.3 Å². The molecule has 1 atom stereocenters. The van der Waals surface area contributed by atoms with Gasteiger partial charge in [0.05, 0.1) is 6.04 Å². The zero-order chi connectivity index (χ0) is 19.3. The fraction of sp³-hybridized carbons (Fsp3) is 0.227. The summed E-state index contributed by atoms with van der Waals surface area (Å²) in [6, 6.07) is 18.3. The molecule has 1 aromatic heterocycles. The van der Waals surface area contributed by atoms with Crippen LogP contribution in [0.3, 0.4) is 0 Å². The van der Waals surface area contributed by atoms with Crippen molar-refractivity contribution < 1.29 is 23.4 Å². The summed E-state index contributed by atoms with van der Waals surface area (Å²) in [4.78, 5) is 12.5. The fourth-order valence-corrected chi connectivity index (χ4v) is 2.93. The maximum atomic E-state index is 12.5. The smallest absolute Gasteiger partial charge is 0.287 e. The van der Waals surface area contributed by atoms with Crippen molar-refractivity contribution in [1.82, 2.24) is 5.32 Å². The van der Waals surface area contributed by atoms with Crippen molar-refractivity contribution in [3.8, 4) is 17.2 Å². The van der Waals surface area contributed by atoms with E-state index in [-0.39, 0.29) is 24.3 Å². The Bertz CT molecular complexity index is 951. The highest BCUT2D eigenvalue weighted by atomic mass is 16.6. The van der Waals surface area contributed by atoms with Gasteiger partial charge in [-0.3, -0.25) is 4.79 Å². The van der Waals surface area contributed by atoms with E-state index in [1.54, 1.807) is 12.1 Å². The lowest BCUT2D eigenvalue weighted by Crippen LogP contribution is -2.26. The van der Waals surface area contributed by atoms with Gasteiger partial charge in [0.1, 0.15) is 31.3 Å². The van der Waals surface area contributed by atoms with Gasteiger partial charge in [-0.25, -0.2) is 0 Å². The number of carbonyl (C=O) groups excluding carboxylic acids is 1. The first-order valence-corrected chi connectivity index (χ1v) is 9.16. The molecule has 1 N–H and O–H groups in total. The number of amides is 1. The maximum Gasteiger partial charge on any atom is 0.287 e. The van der Waals surface area contributed by atoms with Crippen molar-refractivity contribution in [2.24, 2.45) is 0 Å². The molecule has 4 rings (SSSR count). The lowest BCUT2D eigenvalue weighted by Gasteiger charge is -2.21.